The standard InChI is InChI=1S/C14H31N3/c1-7-15-10-12(2)13(3)17-9-8-16(6)14(4,5)11-17/h12-13,15H,7-11H2,1-6H3. The van der Waals surface area contributed by atoms with Gasteiger partial charge >= 0.3 is 0 Å². The molecule has 1 heterocycles. The third kappa shape index (κ3) is 3.94. The van der Waals surface area contributed by atoms with Crippen molar-refractivity contribution in [1.82, 2.24) is 15.1 Å². The lowest BCUT2D eigenvalue weighted by Crippen LogP contribution is -2.60. The molecular formula is C14H31N3. The van der Waals surface area contributed by atoms with E-state index >= 15 is 0 Å². The van der Waals surface area contributed by atoms with Gasteiger partial charge < -0.3 is 5.32 Å². The minimum Gasteiger partial charge on any atom is -0.317 e. The van der Waals surface area contributed by atoms with Crippen molar-refractivity contribution < 1.29 is 0 Å². The summed E-state index contributed by atoms with van der Waals surface area (Å²) in [5, 5.41) is 3.46. The highest BCUT2D eigenvalue weighted by Crippen LogP contribution is 2.22. The van der Waals surface area contributed by atoms with E-state index in [0.29, 0.717) is 17.5 Å². The molecule has 1 N–H and O–H groups in total. The van der Waals surface area contributed by atoms with Crippen molar-refractivity contribution in [2.45, 2.75) is 46.2 Å². The zero-order valence-corrected chi connectivity index (χ0v) is 12.6. The molecule has 3 heteroatoms. The van der Waals surface area contributed by atoms with Crippen molar-refractivity contribution in [3.63, 3.8) is 0 Å². The minimum absolute atomic E-state index is 0.310. The highest BCUT2D eigenvalue weighted by atomic mass is 15.3. The Morgan fingerprint density at radius 1 is 1.24 bits per heavy atom. The van der Waals surface area contributed by atoms with Gasteiger partial charge in [0.15, 0.2) is 0 Å². The summed E-state index contributed by atoms with van der Waals surface area (Å²) in [6, 6.07) is 0.669. The number of hydrogen-bond donors (Lipinski definition) is 1. The van der Waals surface area contributed by atoms with E-state index < -0.39 is 0 Å². The predicted octanol–water partition coefficient (Wildman–Crippen LogP) is 1.65. The highest BCUT2D eigenvalue weighted by molar-refractivity contribution is 4.91. The van der Waals surface area contributed by atoms with E-state index in [1.54, 1.807) is 0 Å². The van der Waals surface area contributed by atoms with Crippen LogP contribution in [0.25, 0.3) is 0 Å². The third-order valence-corrected chi connectivity index (χ3v) is 4.46. The number of likely N-dealkylation sites (N-methyl/N-ethyl adjacent to an activating group) is 1. The maximum absolute atomic E-state index is 3.46. The minimum atomic E-state index is 0.310. The molecule has 17 heavy (non-hydrogen) atoms. The Labute approximate surface area is 108 Å². The van der Waals surface area contributed by atoms with Crippen LogP contribution in [0.1, 0.15) is 34.6 Å². The first-order chi connectivity index (χ1) is 7.88. The Morgan fingerprint density at radius 3 is 2.41 bits per heavy atom. The topological polar surface area (TPSA) is 18.5 Å². The normalized spacial score (nSPS) is 25.8. The van der Waals surface area contributed by atoms with Crippen LogP contribution in [0.4, 0.5) is 0 Å². The van der Waals surface area contributed by atoms with Crippen LogP contribution in [0.2, 0.25) is 0 Å². The SMILES string of the molecule is CCNCC(C)C(C)N1CCN(C)C(C)(C)C1. The van der Waals surface area contributed by atoms with E-state index in [1.807, 2.05) is 0 Å². The zero-order valence-electron chi connectivity index (χ0n) is 12.6. The second kappa shape index (κ2) is 6.17. The maximum Gasteiger partial charge on any atom is 0.0277 e. The van der Waals surface area contributed by atoms with Crippen LogP contribution in [0, 0.1) is 5.92 Å². The molecule has 1 aliphatic rings. The molecule has 1 fully saturated rings. The molecule has 0 spiro atoms. The Hall–Kier alpha value is -0.120. The lowest BCUT2D eigenvalue weighted by molar-refractivity contribution is 0.00868. The van der Waals surface area contributed by atoms with Crippen LogP contribution in [0.15, 0.2) is 0 Å². The number of rotatable bonds is 5. The Morgan fingerprint density at radius 2 is 1.88 bits per heavy atom. The molecule has 0 aromatic carbocycles. The van der Waals surface area contributed by atoms with Gasteiger partial charge in [0.25, 0.3) is 0 Å². The summed E-state index contributed by atoms with van der Waals surface area (Å²) in [6.45, 7) is 17.4. The molecule has 0 bridgehead atoms. The Bertz CT molecular complexity index is 228. The van der Waals surface area contributed by atoms with Crippen molar-refractivity contribution in [2.75, 3.05) is 39.8 Å². The molecule has 0 aromatic heterocycles. The molecule has 3 nitrogen and oxygen atoms in total. The van der Waals surface area contributed by atoms with Gasteiger partial charge in [-0.25, -0.2) is 0 Å². The summed E-state index contributed by atoms with van der Waals surface area (Å²) in [5.74, 6) is 0.717. The van der Waals surface area contributed by atoms with Crippen molar-refractivity contribution in [3.05, 3.63) is 0 Å². The van der Waals surface area contributed by atoms with Crippen molar-refractivity contribution in [3.8, 4) is 0 Å². The summed E-state index contributed by atoms with van der Waals surface area (Å²) < 4.78 is 0. The van der Waals surface area contributed by atoms with Crippen LogP contribution >= 0.6 is 0 Å². The van der Waals surface area contributed by atoms with Gasteiger partial charge in [0.2, 0.25) is 0 Å². The quantitative estimate of drug-likeness (QED) is 0.789. The van der Waals surface area contributed by atoms with Gasteiger partial charge in [0, 0.05) is 31.2 Å². The summed E-state index contributed by atoms with van der Waals surface area (Å²) in [5.41, 5.74) is 0.310. The highest BCUT2D eigenvalue weighted by Gasteiger charge is 2.33. The molecule has 1 rings (SSSR count). The molecule has 0 radical (unpaired) electrons. The third-order valence-electron chi connectivity index (χ3n) is 4.46. The molecule has 0 amide bonds. The van der Waals surface area contributed by atoms with E-state index in [0.717, 1.165) is 13.1 Å². The first kappa shape index (κ1) is 14.9. The molecular weight excluding hydrogens is 210 g/mol. The van der Waals surface area contributed by atoms with Crippen molar-refractivity contribution in [2.24, 2.45) is 5.92 Å². The lowest BCUT2D eigenvalue weighted by Gasteiger charge is -2.48. The lowest BCUT2D eigenvalue weighted by atomic mass is 9.95. The molecule has 0 saturated carbocycles. The fourth-order valence-electron chi connectivity index (χ4n) is 2.53. The zero-order chi connectivity index (χ0) is 13.1. The molecule has 2 atom stereocenters. The Kier molecular flexibility index (Phi) is 5.42. The fraction of sp³-hybridized carbons (Fsp3) is 1.00. The summed E-state index contributed by atoms with van der Waals surface area (Å²) in [6.07, 6.45) is 0. The van der Waals surface area contributed by atoms with Gasteiger partial charge in [-0.3, -0.25) is 9.80 Å². The predicted molar refractivity (Wildman–Crippen MR) is 75.5 cm³/mol. The van der Waals surface area contributed by atoms with E-state index in [2.05, 4.69) is 56.8 Å². The second-order valence-corrected chi connectivity index (χ2v) is 6.23. The van der Waals surface area contributed by atoms with E-state index in [4.69, 9.17) is 0 Å². The van der Waals surface area contributed by atoms with Crippen LogP contribution < -0.4 is 5.32 Å². The molecule has 1 saturated heterocycles. The number of hydrogen-bond acceptors (Lipinski definition) is 3. The largest absolute Gasteiger partial charge is 0.317 e. The Balaban J connectivity index is 2.50. The number of nitrogens with one attached hydrogen (secondary N) is 1. The molecule has 0 aromatic rings. The van der Waals surface area contributed by atoms with Gasteiger partial charge in [-0.05, 0) is 46.8 Å². The average Bonchev–Trinajstić information content (AvgIpc) is 2.28. The number of piperazine rings is 1. The van der Waals surface area contributed by atoms with Crippen LogP contribution in [0.5, 0.6) is 0 Å². The first-order valence-corrected chi connectivity index (χ1v) is 7.04. The molecule has 2 unspecified atom stereocenters. The van der Waals surface area contributed by atoms with Crippen molar-refractivity contribution >= 4 is 0 Å². The van der Waals surface area contributed by atoms with E-state index in [1.165, 1.54) is 19.6 Å². The second-order valence-electron chi connectivity index (χ2n) is 6.23. The smallest absolute Gasteiger partial charge is 0.0277 e. The van der Waals surface area contributed by atoms with Gasteiger partial charge in [-0.1, -0.05) is 13.8 Å². The van der Waals surface area contributed by atoms with Crippen LogP contribution in [-0.4, -0.2) is 61.2 Å². The van der Waals surface area contributed by atoms with Crippen LogP contribution in [-0.2, 0) is 0 Å². The summed E-state index contributed by atoms with van der Waals surface area (Å²) in [7, 11) is 2.24. The maximum atomic E-state index is 3.46. The molecule has 102 valence electrons. The van der Waals surface area contributed by atoms with Gasteiger partial charge in [0.1, 0.15) is 0 Å². The van der Waals surface area contributed by atoms with Gasteiger partial charge in [-0.2, -0.15) is 0 Å². The molecule has 0 aliphatic carbocycles. The summed E-state index contributed by atoms with van der Waals surface area (Å²) >= 11 is 0. The fourth-order valence-corrected chi connectivity index (χ4v) is 2.53. The van der Waals surface area contributed by atoms with E-state index in [9.17, 15) is 0 Å². The van der Waals surface area contributed by atoms with Crippen LogP contribution in [0.3, 0.4) is 0 Å². The monoisotopic (exact) mass is 241 g/mol. The average molecular weight is 241 g/mol. The van der Waals surface area contributed by atoms with Gasteiger partial charge in [-0.15, -0.1) is 0 Å². The van der Waals surface area contributed by atoms with Crippen molar-refractivity contribution in [1.29, 1.82) is 0 Å². The van der Waals surface area contributed by atoms with E-state index in [-0.39, 0.29) is 0 Å². The summed E-state index contributed by atoms with van der Waals surface area (Å²) in [4.78, 5) is 5.13. The molecule has 1 aliphatic heterocycles. The first-order valence-electron chi connectivity index (χ1n) is 7.04. The van der Waals surface area contributed by atoms with Gasteiger partial charge in [0.05, 0.1) is 0 Å². The number of nitrogens with zero attached hydrogens (tertiary/aromatic N) is 2.